The van der Waals surface area contributed by atoms with Crippen molar-refractivity contribution in [2.75, 3.05) is 6.61 Å². The van der Waals surface area contributed by atoms with Crippen molar-refractivity contribution in [1.29, 1.82) is 0 Å². The first-order valence-electron chi connectivity index (χ1n) is 6.85. The normalized spacial score (nSPS) is 10.8. The molecule has 0 saturated carbocycles. The molecular weight excluding hydrogens is 238 g/mol. The summed E-state index contributed by atoms with van der Waals surface area (Å²) in [6.07, 6.45) is 3.68. The number of benzene rings is 1. The first kappa shape index (κ1) is 13.7. The van der Waals surface area contributed by atoms with Crippen LogP contribution in [0.1, 0.15) is 29.8 Å². The zero-order chi connectivity index (χ0) is 13.5. The summed E-state index contributed by atoms with van der Waals surface area (Å²) in [5.41, 5.74) is 3.50. The molecule has 4 nitrogen and oxygen atoms in total. The van der Waals surface area contributed by atoms with Crippen LogP contribution in [0.4, 0.5) is 0 Å². The van der Waals surface area contributed by atoms with Gasteiger partial charge >= 0.3 is 0 Å². The van der Waals surface area contributed by atoms with Gasteiger partial charge in [0.25, 0.3) is 0 Å². The summed E-state index contributed by atoms with van der Waals surface area (Å²) >= 11 is 0. The molecule has 0 fully saturated rings. The zero-order valence-electron chi connectivity index (χ0n) is 11.4. The highest BCUT2D eigenvalue weighted by Crippen LogP contribution is 2.09. The van der Waals surface area contributed by atoms with E-state index in [0.717, 1.165) is 43.6 Å². The summed E-state index contributed by atoms with van der Waals surface area (Å²) in [6.45, 7) is 3.16. The molecular formula is C15H21N3O. The van der Waals surface area contributed by atoms with E-state index in [1.165, 1.54) is 5.56 Å². The van der Waals surface area contributed by atoms with E-state index in [2.05, 4.69) is 41.5 Å². The maximum Gasteiger partial charge on any atom is 0.0857 e. The number of aryl methyl sites for hydroxylation is 3. The summed E-state index contributed by atoms with van der Waals surface area (Å²) in [5, 5.41) is 17.2. The minimum absolute atomic E-state index is 0.209. The Balaban J connectivity index is 1.84. The van der Waals surface area contributed by atoms with Gasteiger partial charge in [-0.15, -0.1) is 5.10 Å². The van der Waals surface area contributed by atoms with Gasteiger partial charge in [-0.05, 0) is 38.2 Å². The molecule has 0 aliphatic heterocycles. The minimum atomic E-state index is 0.209. The predicted octanol–water partition coefficient (Wildman–Crippen LogP) is 2.14. The molecule has 0 spiro atoms. The first-order valence-corrected chi connectivity index (χ1v) is 6.85. The first-order chi connectivity index (χ1) is 9.31. The number of aliphatic hydroxyl groups excluding tert-OH is 1. The van der Waals surface area contributed by atoms with Gasteiger partial charge in [0.05, 0.1) is 11.4 Å². The van der Waals surface area contributed by atoms with Crippen LogP contribution >= 0.6 is 0 Å². The molecule has 19 heavy (non-hydrogen) atoms. The van der Waals surface area contributed by atoms with E-state index in [-0.39, 0.29) is 6.61 Å². The van der Waals surface area contributed by atoms with Gasteiger partial charge in [-0.1, -0.05) is 35.5 Å². The number of hydrogen-bond acceptors (Lipinski definition) is 3. The highest BCUT2D eigenvalue weighted by molar-refractivity contribution is 5.14. The number of nitrogens with zero attached hydrogens (tertiary/aromatic N) is 3. The lowest BCUT2D eigenvalue weighted by Crippen LogP contribution is -2.04. The van der Waals surface area contributed by atoms with Crippen LogP contribution in [-0.2, 0) is 19.4 Å². The van der Waals surface area contributed by atoms with Gasteiger partial charge in [0.1, 0.15) is 0 Å². The molecule has 1 aromatic heterocycles. The van der Waals surface area contributed by atoms with Crippen molar-refractivity contribution in [3.8, 4) is 0 Å². The summed E-state index contributed by atoms with van der Waals surface area (Å²) in [7, 11) is 0. The van der Waals surface area contributed by atoms with Gasteiger partial charge in [-0.25, -0.2) is 4.68 Å². The number of aromatic nitrogens is 3. The van der Waals surface area contributed by atoms with Crippen LogP contribution in [0.2, 0.25) is 0 Å². The van der Waals surface area contributed by atoms with Crippen LogP contribution in [0.5, 0.6) is 0 Å². The molecule has 2 rings (SSSR count). The molecule has 1 aromatic carbocycles. The van der Waals surface area contributed by atoms with Crippen molar-refractivity contribution in [2.24, 2.45) is 0 Å². The Hall–Kier alpha value is -1.68. The minimum Gasteiger partial charge on any atom is -0.396 e. The Labute approximate surface area is 114 Å². The molecule has 0 aliphatic carbocycles. The van der Waals surface area contributed by atoms with Crippen LogP contribution in [-0.4, -0.2) is 26.7 Å². The van der Waals surface area contributed by atoms with E-state index in [9.17, 15) is 0 Å². The van der Waals surface area contributed by atoms with E-state index in [0.29, 0.717) is 0 Å². The van der Waals surface area contributed by atoms with Gasteiger partial charge in [-0.2, -0.15) is 0 Å². The van der Waals surface area contributed by atoms with Gasteiger partial charge in [0.15, 0.2) is 0 Å². The molecule has 1 N–H and O–H groups in total. The number of hydrogen-bond donors (Lipinski definition) is 1. The molecule has 0 radical (unpaired) electrons. The Morgan fingerprint density at radius 1 is 1.11 bits per heavy atom. The van der Waals surface area contributed by atoms with Crippen molar-refractivity contribution >= 4 is 0 Å². The number of rotatable bonds is 7. The quantitative estimate of drug-likeness (QED) is 0.829. The lowest BCUT2D eigenvalue weighted by molar-refractivity contribution is 0.288. The molecule has 102 valence electrons. The van der Waals surface area contributed by atoms with Gasteiger partial charge in [0, 0.05) is 13.2 Å². The van der Waals surface area contributed by atoms with E-state index in [1.54, 1.807) is 0 Å². The fraction of sp³-hybridized carbons (Fsp3) is 0.467. The summed E-state index contributed by atoms with van der Waals surface area (Å²) in [4.78, 5) is 0. The summed E-state index contributed by atoms with van der Waals surface area (Å²) in [6, 6.07) is 10.5. The molecule has 4 heteroatoms. The van der Waals surface area contributed by atoms with Crippen molar-refractivity contribution in [2.45, 2.75) is 39.2 Å². The average molecular weight is 259 g/mol. The third-order valence-corrected chi connectivity index (χ3v) is 3.33. The molecule has 0 unspecified atom stereocenters. The summed E-state index contributed by atoms with van der Waals surface area (Å²) in [5.74, 6) is 0. The SMILES string of the molecule is Cc1c(CCCO)nnn1CCCc1ccccc1. The molecule has 0 atom stereocenters. The monoisotopic (exact) mass is 259 g/mol. The van der Waals surface area contributed by atoms with E-state index in [1.807, 2.05) is 10.7 Å². The highest BCUT2D eigenvalue weighted by atomic mass is 16.2. The smallest absolute Gasteiger partial charge is 0.0857 e. The van der Waals surface area contributed by atoms with Crippen molar-refractivity contribution in [3.63, 3.8) is 0 Å². The molecule has 0 bridgehead atoms. The molecule has 2 aromatic rings. The Morgan fingerprint density at radius 2 is 1.89 bits per heavy atom. The fourth-order valence-electron chi connectivity index (χ4n) is 2.16. The molecule has 0 saturated heterocycles. The third-order valence-electron chi connectivity index (χ3n) is 3.33. The Bertz CT molecular complexity index is 493. The van der Waals surface area contributed by atoms with Crippen LogP contribution in [0.25, 0.3) is 0 Å². The predicted molar refractivity (Wildman–Crippen MR) is 74.9 cm³/mol. The van der Waals surface area contributed by atoms with Gasteiger partial charge in [-0.3, -0.25) is 0 Å². The fourth-order valence-corrected chi connectivity index (χ4v) is 2.16. The van der Waals surface area contributed by atoms with Crippen molar-refractivity contribution < 1.29 is 5.11 Å². The molecule has 0 amide bonds. The van der Waals surface area contributed by atoms with E-state index >= 15 is 0 Å². The van der Waals surface area contributed by atoms with Crippen LogP contribution < -0.4 is 0 Å². The van der Waals surface area contributed by atoms with Gasteiger partial charge in [0.2, 0.25) is 0 Å². The van der Waals surface area contributed by atoms with Crippen LogP contribution in [0.15, 0.2) is 30.3 Å². The van der Waals surface area contributed by atoms with Crippen LogP contribution in [0.3, 0.4) is 0 Å². The largest absolute Gasteiger partial charge is 0.396 e. The van der Waals surface area contributed by atoms with E-state index < -0.39 is 0 Å². The highest BCUT2D eigenvalue weighted by Gasteiger charge is 2.07. The maximum atomic E-state index is 8.84. The van der Waals surface area contributed by atoms with Gasteiger partial charge < -0.3 is 5.11 Å². The standard InChI is InChI=1S/C15H21N3O/c1-13-15(10-6-12-19)16-17-18(13)11-5-9-14-7-3-2-4-8-14/h2-4,7-8,19H,5-6,9-12H2,1H3. The van der Waals surface area contributed by atoms with Crippen molar-refractivity contribution in [1.82, 2.24) is 15.0 Å². The Morgan fingerprint density at radius 3 is 2.63 bits per heavy atom. The second-order valence-corrected chi connectivity index (χ2v) is 4.76. The Kier molecular flexibility index (Phi) is 5.10. The summed E-state index contributed by atoms with van der Waals surface area (Å²) < 4.78 is 1.97. The lowest BCUT2D eigenvalue weighted by atomic mass is 10.1. The molecule has 0 aliphatic rings. The second-order valence-electron chi connectivity index (χ2n) is 4.76. The third kappa shape index (κ3) is 3.89. The van der Waals surface area contributed by atoms with E-state index in [4.69, 9.17) is 5.11 Å². The van der Waals surface area contributed by atoms with Crippen LogP contribution in [0, 0.1) is 6.92 Å². The topological polar surface area (TPSA) is 50.9 Å². The number of aliphatic hydroxyl groups is 1. The maximum absolute atomic E-state index is 8.84. The average Bonchev–Trinajstić information content (AvgIpc) is 2.79. The van der Waals surface area contributed by atoms with Crippen molar-refractivity contribution in [3.05, 3.63) is 47.3 Å². The second kappa shape index (κ2) is 7.04. The molecule has 1 heterocycles. The zero-order valence-corrected chi connectivity index (χ0v) is 11.4. The lowest BCUT2D eigenvalue weighted by Gasteiger charge is -2.04.